The number of halogens is 1. The smallest absolute Gasteiger partial charge is 0.253 e. The van der Waals surface area contributed by atoms with Crippen LogP contribution >= 0.6 is 11.6 Å². The summed E-state index contributed by atoms with van der Waals surface area (Å²) < 4.78 is 6.89. The molecule has 216 valence electrons. The van der Waals surface area contributed by atoms with Crippen molar-refractivity contribution >= 4 is 35.0 Å². The lowest BCUT2D eigenvalue weighted by Gasteiger charge is -2.37. The molecule has 5 rings (SSSR count). The Morgan fingerprint density at radius 3 is 2.45 bits per heavy atom. The van der Waals surface area contributed by atoms with Crippen molar-refractivity contribution in [1.29, 1.82) is 0 Å². The first-order chi connectivity index (χ1) is 19.2. The summed E-state index contributed by atoms with van der Waals surface area (Å²) in [6, 6.07) is 4.60. The van der Waals surface area contributed by atoms with E-state index >= 15 is 0 Å². The largest absolute Gasteiger partial charge is 0.396 e. The van der Waals surface area contributed by atoms with Gasteiger partial charge in [0.15, 0.2) is 0 Å². The van der Waals surface area contributed by atoms with Gasteiger partial charge < -0.3 is 24.5 Å². The highest BCUT2D eigenvalue weighted by Crippen LogP contribution is 2.57. The maximum absolute atomic E-state index is 14.6. The third-order valence-electron chi connectivity index (χ3n) is 8.90. The lowest BCUT2D eigenvalue weighted by molar-refractivity contribution is -0.148. The van der Waals surface area contributed by atoms with Gasteiger partial charge in [-0.25, -0.2) is 0 Å². The minimum absolute atomic E-state index is 0.1000. The summed E-state index contributed by atoms with van der Waals surface area (Å²) in [5.41, 5.74) is -0.818. The van der Waals surface area contributed by atoms with Gasteiger partial charge in [-0.1, -0.05) is 67.8 Å². The van der Waals surface area contributed by atoms with Gasteiger partial charge in [0.25, 0.3) is 5.91 Å². The van der Waals surface area contributed by atoms with E-state index in [0.29, 0.717) is 43.2 Å². The van der Waals surface area contributed by atoms with Crippen molar-refractivity contribution in [3.05, 3.63) is 53.1 Å². The molecular weight excluding hydrogens is 530 g/mol. The maximum Gasteiger partial charge on any atom is 0.253 e. The molecule has 0 aromatic heterocycles. The molecule has 8 nitrogen and oxygen atoms in total. The minimum atomic E-state index is -1.28. The molecule has 2 saturated heterocycles. The highest BCUT2D eigenvalue weighted by molar-refractivity contribution is 6.34. The van der Waals surface area contributed by atoms with E-state index in [4.69, 9.17) is 16.3 Å². The Hall–Kier alpha value is -2.68. The highest BCUT2D eigenvalue weighted by Gasteiger charge is 2.74. The maximum atomic E-state index is 14.6. The van der Waals surface area contributed by atoms with E-state index in [1.165, 1.54) is 0 Å². The van der Waals surface area contributed by atoms with Crippen LogP contribution in [-0.4, -0.2) is 82.7 Å². The number of fused-ring (bicyclic) bond motifs is 2. The third-order valence-corrected chi connectivity index (χ3v) is 9.20. The lowest BCUT2D eigenvalue weighted by Crippen LogP contribution is -2.56. The number of ether oxygens (including phenoxy) is 1. The molecule has 0 bridgehead atoms. The van der Waals surface area contributed by atoms with Crippen molar-refractivity contribution in [3.63, 3.8) is 0 Å². The summed E-state index contributed by atoms with van der Waals surface area (Å²) in [5, 5.41) is 9.65. The van der Waals surface area contributed by atoms with E-state index in [1.54, 1.807) is 20.8 Å². The van der Waals surface area contributed by atoms with Crippen LogP contribution in [0.3, 0.4) is 0 Å². The monoisotopic (exact) mass is 569 g/mol. The third kappa shape index (κ3) is 4.58. The number of amides is 3. The van der Waals surface area contributed by atoms with Gasteiger partial charge in [0, 0.05) is 32.8 Å². The number of hydrogen-bond donors (Lipinski definition) is 1. The van der Waals surface area contributed by atoms with Gasteiger partial charge in [0.2, 0.25) is 11.8 Å². The number of likely N-dealkylation sites (tertiary alicyclic amines) is 1. The van der Waals surface area contributed by atoms with Crippen molar-refractivity contribution in [2.45, 2.75) is 70.1 Å². The number of aliphatic hydroxyl groups is 1. The van der Waals surface area contributed by atoms with E-state index in [0.717, 1.165) is 24.8 Å². The van der Waals surface area contributed by atoms with Gasteiger partial charge in [-0.05, 0) is 44.7 Å². The Balaban J connectivity index is 1.59. The molecule has 1 unspecified atom stereocenters. The van der Waals surface area contributed by atoms with Crippen molar-refractivity contribution in [1.82, 2.24) is 9.80 Å². The Kier molecular flexibility index (Phi) is 8.15. The van der Waals surface area contributed by atoms with E-state index in [-0.39, 0.29) is 30.9 Å². The highest BCUT2D eigenvalue weighted by atomic mass is 35.5. The fourth-order valence-electron chi connectivity index (χ4n) is 7.20. The molecule has 4 aliphatic heterocycles. The van der Waals surface area contributed by atoms with E-state index in [2.05, 4.69) is 0 Å². The quantitative estimate of drug-likeness (QED) is 0.360. The predicted octanol–water partition coefficient (Wildman–Crippen LogP) is 3.88. The number of anilines is 1. The Labute approximate surface area is 241 Å². The summed E-state index contributed by atoms with van der Waals surface area (Å²) in [5.74, 6) is -2.12. The molecule has 0 radical (unpaired) electrons. The molecule has 9 heteroatoms. The standard InChI is InChI=1S/C31H40ClN3O5/c1-4-16-33-17-10-14-30(3)23(27(33)37)24-28(38)35(18-7-5-6-8-20-36)26-29(39)34(19-11-15-31(24,26)40-30)25-21(2)12-9-13-22(25)32/h9-15,23-24,26,36H,4-8,16-20H2,1-3H3/t23-,24+,26?,30+,31+/m1/s1. The number of benzene rings is 1. The number of nitrogens with zero attached hydrogens (tertiary/aromatic N) is 3. The molecular formula is C31H40ClN3O5. The molecule has 4 heterocycles. The van der Waals surface area contributed by atoms with Crippen molar-refractivity contribution < 1.29 is 24.2 Å². The van der Waals surface area contributed by atoms with Crippen LogP contribution in [0, 0.1) is 18.8 Å². The van der Waals surface area contributed by atoms with E-state index < -0.39 is 29.1 Å². The zero-order valence-electron chi connectivity index (χ0n) is 23.6. The Bertz CT molecular complexity index is 1210. The molecule has 1 N–H and O–H groups in total. The normalized spacial score (nSPS) is 31.4. The van der Waals surface area contributed by atoms with Gasteiger partial charge >= 0.3 is 0 Å². The number of aryl methyl sites for hydroxylation is 1. The van der Waals surface area contributed by atoms with Gasteiger partial charge in [-0.3, -0.25) is 14.4 Å². The fourth-order valence-corrected chi connectivity index (χ4v) is 7.52. The van der Waals surface area contributed by atoms with Gasteiger partial charge in [0.1, 0.15) is 11.6 Å². The van der Waals surface area contributed by atoms with E-state index in [1.807, 2.05) is 57.2 Å². The average Bonchev–Trinajstić information content (AvgIpc) is 3.18. The zero-order valence-corrected chi connectivity index (χ0v) is 24.4. The van der Waals surface area contributed by atoms with Crippen LogP contribution in [0.25, 0.3) is 0 Å². The summed E-state index contributed by atoms with van der Waals surface area (Å²) in [6.45, 7) is 7.67. The first-order valence-electron chi connectivity index (χ1n) is 14.5. The fraction of sp³-hybridized carbons (Fsp3) is 0.581. The van der Waals surface area contributed by atoms with Gasteiger partial charge in [-0.15, -0.1) is 0 Å². The number of aliphatic hydroxyl groups excluding tert-OH is 1. The van der Waals surface area contributed by atoms with Gasteiger partial charge in [-0.2, -0.15) is 0 Å². The van der Waals surface area contributed by atoms with Gasteiger partial charge in [0.05, 0.1) is 28.1 Å². The van der Waals surface area contributed by atoms with Crippen LogP contribution in [0.1, 0.15) is 51.5 Å². The predicted molar refractivity (Wildman–Crippen MR) is 154 cm³/mol. The summed E-state index contributed by atoms with van der Waals surface area (Å²) >= 11 is 6.63. The number of para-hydroxylation sites is 1. The number of hydrogen-bond acceptors (Lipinski definition) is 5. The van der Waals surface area contributed by atoms with Crippen LogP contribution in [0.15, 0.2) is 42.5 Å². The molecule has 3 amide bonds. The molecule has 4 aliphatic rings. The van der Waals surface area contributed by atoms with Crippen LogP contribution in [0.2, 0.25) is 5.02 Å². The average molecular weight is 570 g/mol. The minimum Gasteiger partial charge on any atom is -0.396 e. The van der Waals surface area contributed by atoms with Crippen LogP contribution in [0.5, 0.6) is 0 Å². The van der Waals surface area contributed by atoms with Crippen LogP contribution in [-0.2, 0) is 19.1 Å². The first-order valence-corrected chi connectivity index (χ1v) is 14.9. The summed E-state index contributed by atoms with van der Waals surface area (Å²) in [4.78, 5) is 48.2. The molecule has 1 spiro atoms. The second-order valence-corrected chi connectivity index (χ2v) is 12.0. The number of unbranched alkanes of at least 4 members (excludes halogenated alkanes) is 3. The molecule has 0 saturated carbocycles. The van der Waals surface area contributed by atoms with E-state index in [9.17, 15) is 19.5 Å². The van der Waals surface area contributed by atoms with Crippen LogP contribution in [0.4, 0.5) is 5.69 Å². The topological polar surface area (TPSA) is 90.4 Å². The first kappa shape index (κ1) is 28.8. The second-order valence-electron chi connectivity index (χ2n) is 11.6. The lowest BCUT2D eigenvalue weighted by atomic mass is 9.74. The summed E-state index contributed by atoms with van der Waals surface area (Å²) in [7, 11) is 0. The SMILES string of the molecule is CCCN1CC=C[C@]2(C)O[C@]34C=CCN(c5c(C)cccc5Cl)C(=O)C3N(CCCCCCO)C(=O)[C@@H]4[C@@H]2C1=O. The Morgan fingerprint density at radius 2 is 1.73 bits per heavy atom. The Morgan fingerprint density at radius 1 is 0.975 bits per heavy atom. The summed E-state index contributed by atoms with van der Waals surface area (Å²) in [6.07, 6.45) is 11.5. The van der Waals surface area contributed by atoms with Crippen molar-refractivity contribution in [2.24, 2.45) is 11.8 Å². The number of carbonyl (C=O) groups excluding carboxylic acids is 3. The molecule has 2 fully saturated rings. The molecule has 1 aromatic carbocycles. The molecule has 1 aromatic rings. The molecule has 5 atom stereocenters. The van der Waals surface area contributed by atoms with Crippen molar-refractivity contribution in [3.8, 4) is 0 Å². The van der Waals surface area contributed by atoms with Crippen LogP contribution < -0.4 is 4.90 Å². The van der Waals surface area contributed by atoms with Crippen molar-refractivity contribution in [2.75, 3.05) is 37.7 Å². The number of carbonyl (C=O) groups is 3. The molecule has 0 aliphatic carbocycles. The zero-order chi connectivity index (χ0) is 28.7. The second kappa shape index (κ2) is 11.3. The molecule has 40 heavy (non-hydrogen) atoms. The number of rotatable bonds is 9.